The fourth-order valence-corrected chi connectivity index (χ4v) is 3.59. The van der Waals surface area contributed by atoms with Gasteiger partial charge in [0.1, 0.15) is 6.04 Å². The zero-order valence-electron chi connectivity index (χ0n) is 14.7. The van der Waals surface area contributed by atoms with E-state index in [1.807, 2.05) is 32.0 Å². The Morgan fingerprint density at radius 3 is 2.72 bits per heavy atom. The highest BCUT2D eigenvalue weighted by molar-refractivity contribution is 5.97. The van der Waals surface area contributed by atoms with Gasteiger partial charge >= 0.3 is 0 Å². The molecule has 1 spiro atoms. The van der Waals surface area contributed by atoms with Crippen molar-refractivity contribution in [2.45, 2.75) is 32.7 Å². The summed E-state index contributed by atoms with van der Waals surface area (Å²) in [5.41, 5.74) is -0.00577. The normalized spacial score (nSPS) is 25.5. The van der Waals surface area contributed by atoms with E-state index < -0.39 is 11.5 Å². The van der Waals surface area contributed by atoms with Gasteiger partial charge in [-0.05, 0) is 30.9 Å². The molecule has 2 aliphatic rings. The molecule has 0 saturated carbocycles. The van der Waals surface area contributed by atoms with E-state index in [0.717, 1.165) is 0 Å². The van der Waals surface area contributed by atoms with Gasteiger partial charge in [0.25, 0.3) is 5.91 Å². The minimum Gasteiger partial charge on any atom is -0.354 e. The summed E-state index contributed by atoms with van der Waals surface area (Å²) in [5.74, 6) is 0.0609. The predicted molar refractivity (Wildman–Crippen MR) is 93.8 cm³/mol. The maximum absolute atomic E-state index is 12.6. The zero-order valence-corrected chi connectivity index (χ0v) is 14.7. The van der Waals surface area contributed by atoms with Crippen molar-refractivity contribution in [2.75, 3.05) is 19.6 Å². The molecule has 2 saturated heterocycles. The van der Waals surface area contributed by atoms with E-state index in [2.05, 4.69) is 10.6 Å². The molecule has 3 rings (SSSR count). The Balaban J connectivity index is 1.64. The first-order valence-electron chi connectivity index (χ1n) is 8.84. The number of amides is 3. The second-order valence-electron chi connectivity index (χ2n) is 7.49. The standard InChI is InChI=1S/C19H25N3O3/c1-13(2)11-20-16(23)15-10-19(18(25)21-15)8-9-22(12-19)17(24)14-6-4-3-5-7-14/h3-7,13,15H,8-12H2,1-2H3,(H,20,23)(H,21,25)/t15-,19+/m0/s1. The highest BCUT2D eigenvalue weighted by atomic mass is 16.2. The van der Waals surface area contributed by atoms with E-state index in [9.17, 15) is 14.4 Å². The van der Waals surface area contributed by atoms with Gasteiger partial charge in [-0.25, -0.2) is 0 Å². The molecular weight excluding hydrogens is 318 g/mol. The molecule has 0 bridgehead atoms. The average molecular weight is 343 g/mol. The lowest BCUT2D eigenvalue weighted by Crippen LogP contribution is -2.42. The molecule has 2 N–H and O–H groups in total. The Labute approximate surface area is 148 Å². The first kappa shape index (κ1) is 17.5. The molecule has 0 aliphatic carbocycles. The zero-order chi connectivity index (χ0) is 18.0. The van der Waals surface area contributed by atoms with E-state index in [0.29, 0.717) is 44.0 Å². The van der Waals surface area contributed by atoms with Gasteiger partial charge in [-0.3, -0.25) is 14.4 Å². The van der Waals surface area contributed by atoms with Crippen molar-refractivity contribution < 1.29 is 14.4 Å². The van der Waals surface area contributed by atoms with Gasteiger partial charge in [-0.1, -0.05) is 32.0 Å². The fraction of sp³-hybridized carbons (Fsp3) is 0.526. The Hall–Kier alpha value is -2.37. The van der Waals surface area contributed by atoms with Crippen molar-refractivity contribution in [3.63, 3.8) is 0 Å². The predicted octanol–water partition coefficient (Wildman–Crippen LogP) is 1.18. The number of hydrogen-bond donors (Lipinski definition) is 2. The number of benzene rings is 1. The van der Waals surface area contributed by atoms with Crippen molar-refractivity contribution in [1.29, 1.82) is 0 Å². The third kappa shape index (κ3) is 3.52. The Morgan fingerprint density at radius 2 is 2.04 bits per heavy atom. The number of carbonyl (C=O) groups is 3. The lowest BCUT2D eigenvalue weighted by atomic mass is 9.84. The molecule has 134 valence electrons. The van der Waals surface area contributed by atoms with Gasteiger partial charge in [0, 0.05) is 25.2 Å². The van der Waals surface area contributed by atoms with E-state index >= 15 is 0 Å². The third-order valence-electron chi connectivity index (χ3n) is 5.04. The van der Waals surface area contributed by atoms with Crippen LogP contribution >= 0.6 is 0 Å². The summed E-state index contributed by atoms with van der Waals surface area (Å²) in [4.78, 5) is 39.1. The molecule has 2 aliphatic heterocycles. The number of nitrogens with zero attached hydrogens (tertiary/aromatic N) is 1. The van der Waals surface area contributed by atoms with Crippen LogP contribution in [0.15, 0.2) is 30.3 Å². The summed E-state index contributed by atoms with van der Waals surface area (Å²) < 4.78 is 0. The molecular formula is C19H25N3O3. The first-order chi connectivity index (χ1) is 11.9. The molecule has 25 heavy (non-hydrogen) atoms. The van der Waals surface area contributed by atoms with Crippen LogP contribution in [-0.4, -0.2) is 48.3 Å². The molecule has 6 nitrogen and oxygen atoms in total. The monoisotopic (exact) mass is 343 g/mol. The van der Waals surface area contributed by atoms with Crippen LogP contribution < -0.4 is 10.6 Å². The summed E-state index contributed by atoms with van der Waals surface area (Å²) in [6.45, 7) is 5.57. The van der Waals surface area contributed by atoms with Crippen LogP contribution in [0.3, 0.4) is 0 Å². The average Bonchev–Trinajstić information content (AvgIpc) is 3.18. The second-order valence-corrected chi connectivity index (χ2v) is 7.49. The lowest BCUT2D eigenvalue weighted by Gasteiger charge is -2.21. The Bertz CT molecular complexity index is 674. The maximum Gasteiger partial charge on any atom is 0.253 e. The number of carbonyl (C=O) groups excluding carboxylic acids is 3. The van der Waals surface area contributed by atoms with Crippen LogP contribution in [-0.2, 0) is 9.59 Å². The molecule has 2 heterocycles. The summed E-state index contributed by atoms with van der Waals surface area (Å²) in [7, 11) is 0. The van der Waals surface area contributed by atoms with Gasteiger partial charge in [0.05, 0.1) is 5.41 Å². The molecule has 1 aromatic rings. The van der Waals surface area contributed by atoms with Gasteiger partial charge in [0.2, 0.25) is 11.8 Å². The van der Waals surface area contributed by atoms with E-state index in [1.54, 1.807) is 17.0 Å². The van der Waals surface area contributed by atoms with Crippen molar-refractivity contribution in [3.05, 3.63) is 35.9 Å². The summed E-state index contributed by atoms with van der Waals surface area (Å²) in [5, 5.41) is 5.70. The van der Waals surface area contributed by atoms with Crippen LogP contribution in [0.1, 0.15) is 37.0 Å². The molecule has 2 fully saturated rings. The largest absolute Gasteiger partial charge is 0.354 e. The van der Waals surface area contributed by atoms with Gasteiger partial charge in [0.15, 0.2) is 0 Å². The molecule has 0 aromatic heterocycles. The van der Waals surface area contributed by atoms with Crippen LogP contribution in [0.25, 0.3) is 0 Å². The van der Waals surface area contributed by atoms with Gasteiger partial charge in [-0.15, -0.1) is 0 Å². The molecule has 0 unspecified atom stereocenters. The lowest BCUT2D eigenvalue weighted by molar-refractivity contribution is -0.128. The molecule has 3 amide bonds. The van der Waals surface area contributed by atoms with Crippen molar-refractivity contribution in [3.8, 4) is 0 Å². The first-order valence-corrected chi connectivity index (χ1v) is 8.84. The van der Waals surface area contributed by atoms with Crippen LogP contribution in [0.5, 0.6) is 0 Å². The SMILES string of the molecule is CC(C)CNC(=O)[C@@H]1C[C@@]2(CCN(C(=O)c3ccccc3)C2)C(=O)N1. The summed E-state index contributed by atoms with van der Waals surface area (Å²) in [6, 6.07) is 8.59. The minimum atomic E-state index is -0.635. The number of likely N-dealkylation sites (tertiary alicyclic amines) is 1. The summed E-state index contributed by atoms with van der Waals surface area (Å²) in [6.07, 6.45) is 1.06. The van der Waals surface area contributed by atoms with Crippen LogP contribution in [0.2, 0.25) is 0 Å². The minimum absolute atomic E-state index is 0.0574. The number of rotatable bonds is 4. The highest BCUT2D eigenvalue weighted by Crippen LogP contribution is 2.40. The van der Waals surface area contributed by atoms with Crippen LogP contribution in [0.4, 0.5) is 0 Å². The van der Waals surface area contributed by atoms with Crippen molar-refractivity contribution in [1.82, 2.24) is 15.5 Å². The van der Waals surface area contributed by atoms with Gasteiger partial charge < -0.3 is 15.5 Å². The highest BCUT2D eigenvalue weighted by Gasteiger charge is 2.53. The summed E-state index contributed by atoms with van der Waals surface area (Å²) >= 11 is 0. The quantitative estimate of drug-likeness (QED) is 0.862. The molecule has 1 aromatic carbocycles. The molecule has 2 atom stereocenters. The number of nitrogens with one attached hydrogen (secondary N) is 2. The van der Waals surface area contributed by atoms with Crippen LogP contribution in [0, 0.1) is 11.3 Å². The molecule has 0 radical (unpaired) electrons. The number of hydrogen-bond acceptors (Lipinski definition) is 3. The second kappa shape index (κ2) is 6.86. The van der Waals surface area contributed by atoms with Crippen molar-refractivity contribution >= 4 is 17.7 Å². The van der Waals surface area contributed by atoms with Gasteiger partial charge in [-0.2, -0.15) is 0 Å². The van der Waals surface area contributed by atoms with E-state index in [1.165, 1.54) is 0 Å². The smallest absolute Gasteiger partial charge is 0.253 e. The van der Waals surface area contributed by atoms with E-state index in [-0.39, 0.29) is 17.7 Å². The Kier molecular flexibility index (Phi) is 4.79. The fourth-order valence-electron chi connectivity index (χ4n) is 3.59. The maximum atomic E-state index is 12.6. The third-order valence-corrected chi connectivity index (χ3v) is 5.04. The van der Waals surface area contributed by atoms with Crippen molar-refractivity contribution in [2.24, 2.45) is 11.3 Å². The molecule has 6 heteroatoms. The van der Waals surface area contributed by atoms with E-state index in [4.69, 9.17) is 0 Å². The Morgan fingerprint density at radius 1 is 1.32 bits per heavy atom. The topological polar surface area (TPSA) is 78.5 Å².